The molecule has 1 unspecified atom stereocenters. The van der Waals surface area contributed by atoms with Gasteiger partial charge in [-0.25, -0.2) is 14.8 Å². The maximum atomic E-state index is 13.0. The van der Waals surface area contributed by atoms with Crippen molar-refractivity contribution in [3.8, 4) is 0 Å². The Morgan fingerprint density at radius 3 is 2.75 bits per heavy atom. The number of hydrogen-bond donors (Lipinski definition) is 2. The molecular formula is C17H17FN4O2. The molecule has 0 radical (unpaired) electrons. The van der Waals surface area contributed by atoms with Crippen molar-refractivity contribution < 1.29 is 15.4 Å². The van der Waals surface area contributed by atoms with Crippen molar-refractivity contribution in [1.82, 2.24) is 20.6 Å². The number of halogens is 1. The van der Waals surface area contributed by atoms with Gasteiger partial charge in [0.05, 0.1) is 12.1 Å². The van der Waals surface area contributed by atoms with Gasteiger partial charge in [-0.3, -0.25) is 9.59 Å². The summed E-state index contributed by atoms with van der Waals surface area (Å²) in [4.78, 5) is 26.9. The summed E-state index contributed by atoms with van der Waals surface area (Å²) in [6.07, 6.45) is 2.47. The minimum atomic E-state index is -0.346. The summed E-state index contributed by atoms with van der Waals surface area (Å²) in [5, 5.41) is 4.28. The van der Waals surface area contributed by atoms with Crippen LogP contribution in [0, 0.1) is 5.82 Å². The monoisotopic (exact) mass is 329 g/mol. The van der Waals surface area contributed by atoms with Crippen LogP contribution in [0.2, 0.25) is 1.41 Å². The highest BCUT2D eigenvalue weighted by Gasteiger charge is 2.43. The molecule has 2 amide bonds. The second-order valence-corrected chi connectivity index (χ2v) is 6.03. The van der Waals surface area contributed by atoms with E-state index >= 15 is 0 Å². The van der Waals surface area contributed by atoms with Crippen molar-refractivity contribution in [3.05, 3.63) is 58.8 Å². The van der Waals surface area contributed by atoms with Crippen LogP contribution < -0.4 is 10.7 Å². The van der Waals surface area contributed by atoms with E-state index in [2.05, 4.69) is 5.32 Å². The highest BCUT2D eigenvalue weighted by Crippen LogP contribution is 2.29. The van der Waals surface area contributed by atoms with E-state index in [1.54, 1.807) is 18.2 Å². The van der Waals surface area contributed by atoms with Crippen molar-refractivity contribution in [1.29, 1.82) is 0 Å². The van der Waals surface area contributed by atoms with E-state index in [1.807, 2.05) is 6.92 Å². The van der Waals surface area contributed by atoms with E-state index in [1.165, 1.54) is 22.0 Å². The molecule has 0 spiro atoms. The Morgan fingerprint density at radius 1 is 1.29 bits per heavy atom. The molecule has 0 bridgehead atoms. The minimum Gasteiger partial charge on any atom is -0.336 e. The zero-order valence-electron chi connectivity index (χ0n) is 14.1. The molecule has 2 N–H and O–H groups in total. The van der Waals surface area contributed by atoms with Crippen molar-refractivity contribution in [2.45, 2.75) is 25.9 Å². The summed E-state index contributed by atoms with van der Waals surface area (Å²) in [6, 6.07) is 5.73. The van der Waals surface area contributed by atoms with Crippen LogP contribution in [0.5, 0.6) is 0 Å². The smallest absolute Gasteiger partial charge is 0.274 e. The van der Waals surface area contributed by atoms with E-state index in [0.717, 1.165) is 11.0 Å². The van der Waals surface area contributed by atoms with Crippen LogP contribution in [-0.4, -0.2) is 34.3 Å². The van der Waals surface area contributed by atoms with Gasteiger partial charge >= 0.3 is 0 Å². The fraction of sp³-hybridized carbons (Fsp3) is 0.294. The van der Waals surface area contributed by atoms with E-state index in [0.29, 0.717) is 24.4 Å². The molecule has 0 saturated heterocycles. The van der Waals surface area contributed by atoms with Crippen LogP contribution in [-0.2, 0) is 16.1 Å². The highest BCUT2D eigenvalue weighted by atomic mass is 19.1. The number of carbonyl (C=O) groups excluding carboxylic acids is 2. The number of hydrogen-bond acceptors (Lipinski definition) is 4. The second kappa shape index (κ2) is 5.45. The lowest BCUT2D eigenvalue weighted by atomic mass is 10.2. The van der Waals surface area contributed by atoms with Crippen LogP contribution in [0.15, 0.2) is 47.4 Å². The maximum absolute atomic E-state index is 13.0. The van der Waals surface area contributed by atoms with Gasteiger partial charge in [-0.2, -0.15) is 0 Å². The molecule has 24 heavy (non-hydrogen) atoms. The number of carbonyl (C=O) groups is 2. The van der Waals surface area contributed by atoms with E-state index in [-0.39, 0.29) is 35.9 Å². The first-order valence-electron chi connectivity index (χ1n) is 8.32. The zero-order chi connectivity index (χ0) is 17.7. The van der Waals surface area contributed by atoms with Crippen molar-refractivity contribution in [2.24, 2.45) is 0 Å². The third-order valence-corrected chi connectivity index (χ3v) is 4.40. The summed E-state index contributed by atoms with van der Waals surface area (Å²) < 4.78 is 21.1. The van der Waals surface area contributed by atoms with Crippen LogP contribution >= 0.6 is 0 Å². The number of amides is 2. The van der Waals surface area contributed by atoms with Gasteiger partial charge in [0.25, 0.3) is 11.8 Å². The predicted octanol–water partition coefficient (Wildman–Crippen LogP) is 0.992. The normalized spacial score (nSPS) is 24.0. The third-order valence-electron chi connectivity index (χ3n) is 4.40. The summed E-state index contributed by atoms with van der Waals surface area (Å²) in [6.45, 7) is 2.40. The van der Waals surface area contributed by atoms with Crippen LogP contribution in [0.3, 0.4) is 0 Å². The number of rotatable bonds is 3. The number of nitrogens with one attached hydrogen (secondary N) is 2. The van der Waals surface area contributed by atoms with Gasteiger partial charge in [0.2, 0.25) is 0 Å². The van der Waals surface area contributed by atoms with E-state index < -0.39 is 0 Å². The molecule has 0 fully saturated rings. The fourth-order valence-corrected chi connectivity index (χ4v) is 3.08. The Balaban J connectivity index is 1.57. The molecule has 124 valence electrons. The average molecular weight is 329 g/mol. The summed E-state index contributed by atoms with van der Waals surface area (Å²) >= 11 is 0. The Kier molecular flexibility index (Phi) is 3.12. The largest absolute Gasteiger partial charge is 0.336 e. The first kappa shape index (κ1) is 13.7. The van der Waals surface area contributed by atoms with Gasteiger partial charge in [0.15, 0.2) is 0 Å². The average Bonchev–Trinajstić information content (AvgIpc) is 3.09. The lowest BCUT2D eigenvalue weighted by Crippen LogP contribution is -2.48. The van der Waals surface area contributed by atoms with Gasteiger partial charge in [0, 0.05) is 12.6 Å². The molecule has 1 atom stereocenters. The number of nitrogens with zero attached hydrogens (tertiary/aromatic N) is 2. The standard InChI is InChI=1S/C17H17FN4O2/c1-2-12-7-14-19-15-13(16(23)22(14)20-12)9-21(17(15)24)8-10-3-5-11(18)6-4-10/h3-7,12,19-20H,2,8-9H2,1H3/i/hD. The molecule has 6 nitrogen and oxygen atoms in total. The van der Waals surface area contributed by atoms with Crippen molar-refractivity contribution >= 4 is 11.8 Å². The van der Waals surface area contributed by atoms with Crippen LogP contribution in [0.25, 0.3) is 0 Å². The molecule has 4 rings (SSSR count). The van der Waals surface area contributed by atoms with Crippen LogP contribution in [0.1, 0.15) is 18.9 Å². The van der Waals surface area contributed by atoms with Gasteiger partial charge in [-0.1, -0.05) is 19.1 Å². The SMILES string of the molecule is [2H]N1C(CC)C=C2NC3=C(CN(Cc4ccc(F)cc4)C3=O)C(=O)N21. The van der Waals surface area contributed by atoms with Gasteiger partial charge in [-0.15, -0.1) is 0 Å². The first-order valence-corrected chi connectivity index (χ1v) is 7.87. The minimum absolute atomic E-state index is 0.172. The van der Waals surface area contributed by atoms with Crippen molar-refractivity contribution in [3.63, 3.8) is 0 Å². The molecule has 1 aromatic carbocycles. The lowest BCUT2D eigenvalue weighted by molar-refractivity contribution is -0.129. The third kappa shape index (κ3) is 2.28. The number of benzene rings is 1. The molecule has 0 saturated carbocycles. The van der Waals surface area contributed by atoms with Gasteiger partial charge < -0.3 is 10.2 Å². The van der Waals surface area contributed by atoms with E-state index in [4.69, 9.17) is 1.41 Å². The molecule has 0 aliphatic carbocycles. The maximum Gasteiger partial charge on any atom is 0.274 e. The van der Waals surface area contributed by atoms with Gasteiger partial charge in [0.1, 0.15) is 18.7 Å². The molecule has 7 heteroatoms. The quantitative estimate of drug-likeness (QED) is 0.868. The van der Waals surface area contributed by atoms with Crippen LogP contribution in [0.4, 0.5) is 4.39 Å². The Hall–Kier alpha value is -2.67. The lowest BCUT2D eigenvalue weighted by Gasteiger charge is -2.26. The topological polar surface area (TPSA) is 64.7 Å². The molecule has 3 heterocycles. The Morgan fingerprint density at radius 2 is 2.04 bits per heavy atom. The molecule has 0 aromatic heterocycles. The molecule has 1 aromatic rings. The van der Waals surface area contributed by atoms with Gasteiger partial charge in [-0.05, 0) is 30.2 Å². The van der Waals surface area contributed by atoms with Crippen molar-refractivity contribution in [2.75, 3.05) is 6.54 Å². The highest BCUT2D eigenvalue weighted by molar-refractivity contribution is 6.10. The fourth-order valence-electron chi connectivity index (χ4n) is 3.08. The number of hydrazine groups is 1. The number of fused-ring (bicyclic) bond motifs is 1. The predicted molar refractivity (Wildman–Crippen MR) is 84.1 cm³/mol. The summed E-state index contributed by atoms with van der Waals surface area (Å²) in [5.41, 5.74) is 2.56. The summed E-state index contributed by atoms with van der Waals surface area (Å²) in [7, 11) is 0. The molecule has 3 aliphatic rings. The Labute approximate surface area is 140 Å². The first-order chi connectivity index (χ1) is 12.0. The van der Waals surface area contributed by atoms with E-state index in [9.17, 15) is 14.0 Å². The summed E-state index contributed by atoms with van der Waals surface area (Å²) in [5.74, 6) is -0.479. The Bertz CT molecular complexity index is 820. The second-order valence-electron chi connectivity index (χ2n) is 6.03. The molecular weight excluding hydrogens is 311 g/mol. The zero-order valence-corrected chi connectivity index (χ0v) is 13.1. The molecule has 3 aliphatic heterocycles.